The maximum Gasteiger partial charge on any atom is 0.338 e. The number of hydrogen-bond donors (Lipinski definition) is 2. The minimum absolute atomic E-state index is 0.200. The third-order valence-electron chi connectivity index (χ3n) is 6.36. The first-order valence-corrected chi connectivity index (χ1v) is 13.6. The Bertz CT molecular complexity index is 1320. The number of hydrogen-bond acceptors (Lipinski definition) is 8. The topological polar surface area (TPSA) is 127 Å². The molecular formula is C31H33N3O7. The van der Waals surface area contributed by atoms with Gasteiger partial charge in [0.05, 0.1) is 24.3 Å². The predicted octanol–water partition coefficient (Wildman–Crippen LogP) is 5.28. The highest BCUT2D eigenvalue weighted by atomic mass is 16.5. The smallest absolute Gasteiger partial charge is 0.338 e. The SMILES string of the molecule is CCOC(=O)c1ccc(NC(=O)C(=Cc2ccc(N3CCCCC3)o2)C(=O)Nc2ccc(C(=O)OCC)cc2)cc1. The van der Waals surface area contributed by atoms with Crippen molar-refractivity contribution < 1.29 is 33.1 Å². The van der Waals surface area contributed by atoms with Gasteiger partial charge in [-0.1, -0.05) is 0 Å². The third kappa shape index (κ3) is 7.84. The molecule has 2 N–H and O–H groups in total. The minimum Gasteiger partial charge on any atom is -0.462 e. The number of carbonyl (C=O) groups is 4. The normalized spacial score (nSPS) is 12.7. The van der Waals surface area contributed by atoms with Crippen LogP contribution in [0.1, 0.15) is 59.6 Å². The molecule has 0 spiro atoms. The first-order chi connectivity index (χ1) is 19.9. The first kappa shape index (κ1) is 29.1. The van der Waals surface area contributed by atoms with E-state index < -0.39 is 23.8 Å². The Morgan fingerprint density at radius 2 is 1.22 bits per heavy atom. The van der Waals surface area contributed by atoms with Crippen molar-refractivity contribution in [1.82, 2.24) is 0 Å². The highest BCUT2D eigenvalue weighted by molar-refractivity contribution is 6.28. The van der Waals surface area contributed by atoms with Gasteiger partial charge in [-0.2, -0.15) is 0 Å². The predicted molar refractivity (Wildman–Crippen MR) is 155 cm³/mol. The second-order valence-corrected chi connectivity index (χ2v) is 9.29. The second-order valence-electron chi connectivity index (χ2n) is 9.29. The van der Waals surface area contributed by atoms with E-state index in [4.69, 9.17) is 13.9 Å². The highest BCUT2D eigenvalue weighted by Gasteiger charge is 2.21. The van der Waals surface area contributed by atoms with Crippen molar-refractivity contribution in [2.24, 2.45) is 0 Å². The molecule has 10 heteroatoms. The van der Waals surface area contributed by atoms with E-state index in [1.165, 1.54) is 36.8 Å². The monoisotopic (exact) mass is 559 g/mol. The zero-order chi connectivity index (χ0) is 29.2. The van der Waals surface area contributed by atoms with Crippen molar-refractivity contribution in [1.29, 1.82) is 0 Å². The Kier molecular flexibility index (Phi) is 9.93. The molecule has 0 aliphatic carbocycles. The molecule has 1 fully saturated rings. The largest absolute Gasteiger partial charge is 0.462 e. The number of ether oxygens (including phenoxy) is 2. The van der Waals surface area contributed by atoms with Crippen LogP contribution in [0, 0.1) is 0 Å². The molecule has 1 saturated heterocycles. The van der Waals surface area contributed by atoms with Crippen molar-refractivity contribution in [3.8, 4) is 0 Å². The van der Waals surface area contributed by atoms with Crippen molar-refractivity contribution >= 4 is 47.1 Å². The molecule has 3 aromatic rings. The quantitative estimate of drug-likeness (QED) is 0.149. The van der Waals surface area contributed by atoms with E-state index in [2.05, 4.69) is 15.5 Å². The van der Waals surface area contributed by atoms with E-state index >= 15 is 0 Å². The van der Waals surface area contributed by atoms with Gasteiger partial charge in [-0.05, 0) is 93.8 Å². The number of carbonyl (C=O) groups excluding carboxylic acids is 4. The van der Waals surface area contributed by atoms with Gasteiger partial charge in [0, 0.05) is 30.5 Å². The Balaban J connectivity index is 1.55. The number of piperidine rings is 1. The fraction of sp³-hybridized carbons (Fsp3) is 0.290. The molecule has 0 bridgehead atoms. The molecule has 1 aliphatic rings. The Morgan fingerprint density at radius 3 is 1.68 bits per heavy atom. The number of anilines is 3. The van der Waals surface area contributed by atoms with Gasteiger partial charge in [0.25, 0.3) is 11.8 Å². The Morgan fingerprint density at radius 1 is 0.732 bits per heavy atom. The molecule has 2 amide bonds. The lowest BCUT2D eigenvalue weighted by Gasteiger charge is -2.25. The molecule has 1 aliphatic heterocycles. The zero-order valence-corrected chi connectivity index (χ0v) is 23.1. The third-order valence-corrected chi connectivity index (χ3v) is 6.36. The molecule has 0 radical (unpaired) electrons. The molecule has 1 aromatic heterocycles. The molecule has 0 saturated carbocycles. The molecule has 214 valence electrons. The summed E-state index contributed by atoms with van der Waals surface area (Å²) >= 11 is 0. The van der Waals surface area contributed by atoms with Crippen LogP contribution in [-0.2, 0) is 19.1 Å². The van der Waals surface area contributed by atoms with Crippen LogP contribution in [0.25, 0.3) is 6.08 Å². The summed E-state index contributed by atoms with van der Waals surface area (Å²) in [7, 11) is 0. The summed E-state index contributed by atoms with van der Waals surface area (Å²) in [5, 5.41) is 5.40. The molecule has 0 unspecified atom stereocenters. The van der Waals surface area contributed by atoms with E-state index in [1.54, 1.807) is 44.2 Å². The molecule has 2 heterocycles. The van der Waals surface area contributed by atoms with Gasteiger partial charge in [0.1, 0.15) is 11.3 Å². The zero-order valence-electron chi connectivity index (χ0n) is 23.1. The molecule has 41 heavy (non-hydrogen) atoms. The standard InChI is InChI=1S/C31H33N3O7/c1-3-39-30(37)21-8-12-23(13-9-21)32-28(35)26(20-25-16-17-27(41-25)34-18-6-5-7-19-34)29(36)33-24-14-10-22(11-15-24)31(38)40-4-2/h8-17,20H,3-7,18-19H2,1-2H3,(H,32,35)(H,33,36). The summed E-state index contributed by atoms with van der Waals surface area (Å²) in [6, 6.07) is 15.9. The van der Waals surface area contributed by atoms with Crippen LogP contribution < -0.4 is 15.5 Å². The van der Waals surface area contributed by atoms with E-state index in [1.807, 2.05) is 6.07 Å². The summed E-state index contributed by atoms with van der Waals surface area (Å²) in [5.41, 5.74) is 1.24. The summed E-state index contributed by atoms with van der Waals surface area (Å²) in [6.45, 7) is 5.70. The Labute approximate surface area is 238 Å². The maximum atomic E-state index is 13.3. The lowest BCUT2D eigenvalue weighted by molar-refractivity contribution is -0.118. The number of amides is 2. The lowest BCUT2D eigenvalue weighted by atomic mass is 10.1. The lowest BCUT2D eigenvalue weighted by Crippen LogP contribution is -2.28. The average Bonchev–Trinajstić information content (AvgIpc) is 3.46. The number of esters is 2. The highest BCUT2D eigenvalue weighted by Crippen LogP contribution is 2.25. The van der Waals surface area contributed by atoms with Gasteiger partial charge in [0.15, 0.2) is 5.88 Å². The number of nitrogens with one attached hydrogen (secondary N) is 2. The summed E-state index contributed by atoms with van der Waals surface area (Å²) in [4.78, 5) is 52.7. The van der Waals surface area contributed by atoms with Gasteiger partial charge in [0.2, 0.25) is 0 Å². The van der Waals surface area contributed by atoms with Crippen LogP contribution in [0.5, 0.6) is 0 Å². The van der Waals surface area contributed by atoms with Gasteiger partial charge in [-0.15, -0.1) is 0 Å². The van der Waals surface area contributed by atoms with Crippen LogP contribution >= 0.6 is 0 Å². The maximum absolute atomic E-state index is 13.3. The average molecular weight is 560 g/mol. The summed E-state index contributed by atoms with van der Waals surface area (Å²) in [6.07, 6.45) is 4.71. The van der Waals surface area contributed by atoms with Crippen LogP contribution in [0.3, 0.4) is 0 Å². The van der Waals surface area contributed by atoms with E-state index in [0.29, 0.717) is 34.1 Å². The van der Waals surface area contributed by atoms with Gasteiger partial charge >= 0.3 is 11.9 Å². The van der Waals surface area contributed by atoms with Crippen molar-refractivity contribution in [3.05, 3.63) is 83.1 Å². The van der Waals surface area contributed by atoms with Gasteiger partial charge in [-0.3, -0.25) is 9.59 Å². The van der Waals surface area contributed by atoms with Gasteiger partial charge < -0.3 is 29.4 Å². The van der Waals surface area contributed by atoms with Crippen LogP contribution in [0.2, 0.25) is 0 Å². The number of furan rings is 1. The number of nitrogens with zero attached hydrogens (tertiary/aromatic N) is 1. The van der Waals surface area contributed by atoms with Gasteiger partial charge in [-0.25, -0.2) is 9.59 Å². The van der Waals surface area contributed by atoms with Crippen molar-refractivity contribution in [2.45, 2.75) is 33.1 Å². The number of rotatable bonds is 10. The molecule has 0 atom stereocenters. The van der Waals surface area contributed by atoms with E-state index in [-0.39, 0.29) is 18.8 Å². The minimum atomic E-state index is -0.676. The Hall–Kier alpha value is -4.86. The van der Waals surface area contributed by atoms with E-state index in [9.17, 15) is 19.2 Å². The molecule has 4 rings (SSSR count). The molecule has 2 aromatic carbocycles. The fourth-order valence-electron chi connectivity index (χ4n) is 4.29. The summed E-state index contributed by atoms with van der Waals surface area (Å²) < 4.78 is 16.0. The second kappa shape index (κ2) is 14.0. The van der Waals surface area contributed by atoms with Crippen LogP contribution in [-0.4, -0.2) is 50.1 Å². The molecule has 10 nitrogen and oxygen atoms in total. The summed E-state index contributed by atoms with van der Waals surface area (Å²) in [5.74, 6) is -1.26. The van der Waals surface area contributed by atoms with Crippen molar-refractivity contribution in [3.63, 3.8) is 0 Å². The molecular weight excluding hydrogens is 526 g/mol. The van der Waals surface area contributed by atoms with E-state index in [0.717, 1.165) is 25.9 Å². The fourth-order valence-corrected chi connectivity index (χ4v) is 4.29. The van der Waals surface area contributed by atoms with Crippen molar-refractivity contribution in [2.75, 3.05) is 41.8 Å². The first-order valence-electron chi connectivity index (χ1n) is 13.6. The van der Waals surface area contributed by atoms with Crippen LogP contribution in [0.15, 0.2) is 70.7 Å². The van der Waals surface area contributed by atoms with Crippen LogP contribution in [0.4, 0.5) is 17.3 Å². The number of benzene rings is 2.